The lowest BCUT2D eigenvalue weighted by atomic mass is 10.1. The van der Waals surface area contributed by atoms with Crippen LogP contribution in [0.4, 0.5) is 11.4 Å². The Hall–Kier alpha value is -4.33. The first-order chi connectivity index (χ1) is 19.3. The molecule has 202 valence electrons. The van der Waals surface area contributed by atoms with Crippen LogP contribution < -0.4 is 16.0 Å². The minimum absolute atomic E-state index is 0.0575. The van der Waals surface area contributed by atoms with E-state index in [0.717, 1.165) is 21.7 Å². The van der Waals surface area contributed by atoms with Crippen molar-refractivity contribution in [3.63, 3.8) is 0 Å². The van der Waals surface area contributed by atoms with Crippen LogP contribution in [0.3, 0.4) is 0 Å². The van der Waals surface area contributed by atoms with Crippen LogP contribution in [0.25, 0.3) is 6.08 Å². The second-order valence-corrected chi connectivity index (χ2v) is 10.5. The van der Waals surface area contributed by atoms with E-state index in [-0.39, 0.29) is 17.4 Å². The molecule has 4 rings (SSSR count). The van der Waals surface area contributed by atoms with Crippen molar-refractivity contribution in [2.75, 3.05) is 16.4 Å². The van der Waals surface area contributed by atoms with Gasteiger partial charge in [0.2, 0.25) is 5.91 Å². The number of rotatable bonds is 9. The van der Waals surface area contributed by atoms with Gasteiger partial charge >= 0.3 is 0 Å². The van der Waals surface area contributed by atoms with Crippen molar-refractivity contribution in [2.24, 2.45) is 0 Å². The number of hydrogen-bond acceptors (Lipinski definition) is 4. The number of benzene rings is 4. The Kier molecular flexibility index (Phi) is 9.78. The summed E-state index contributed by atoms with van der Waals surface area (Å²) in [4.78, 5) is 39.5. The molecule has 0 saturated heterocycles. The van der Waals surface area contributed by atoms with Crippen molar-refractivity contribution in [3.05, 3.63) is 130 Å². The number of anilines is 2. The molecule has 40 heavy (non-hydrogen) atoms. The van der Waals surface area contributed by atoms with Crippen LogP contribution in [0.1, 0.15) is 27.0 Å². The van der Waals surface area contributed by atoms with Crippen molar-refractivity contribution in [2.45, 2.75) is 18.7 Å². The van der Waals surface area contributed by atoms with Gasteiger partial charge in [0.15, 0.2) is 0 Å². The molecule has 6 nitrogen and oxygen atoms in total. The molecule has 4 aromatic carbocycles. The third-order valence-corrected chi connectivity index (χ3v) is 7.26. The summed E-state index contributed by atoms with van der Waals surface area (Å²) in [7, 11) is 0. The highest BCUT2D eigenvalue weighted by atomic mass is 35.5. The summed E-state index contributed by atoms with van der Waals surface area (Å²) in [5.74, 6) is -0.830. The smallest absolute Gasteiger partial charge is 0.272 e. The topological polar surface area (TPSA) is 87.3 Å². The maximum Gasteiger partial charge on any atom is 0.272 e. The Balaban J connectivity index is 1.45. The molecule has 0 saturated carbocycles. The number of carbonyl (C=O) groups is 3. The maximum absolute atomic E-state index is 13.3. The van der Waals surface area contributed by atoms with E-state index in [1.54, 1.807) is 72.8 Å². The zero-order valence-electron chi connectivity index (χ0n) is 22.0. The van der Waals surface area contributed by atoms with Gasteiger partial charge in [-0.1, -0.05) is 60.1 Å². The normalized spacial score (nSPS) is 11.0. The molecule has 4 aromatic rings. The third-order valence-electron chi connectivity index (χ3n) is 6.03. The van der Waals surface area contributed by atoms with Gasteiger partial charge in [0.05, 0.1) is 5.75 Å². The molecule has 8 heteroatoms. The predicted molar refractivity (Wildman–Crippen MR) is 164 cm³/mol. The van der Waals surface area contributed by atoms with E-state index in [2.05, 4.69) is 16.0 Å². The molecule has 3 N–H and O–H groups in total. The Morgan fingerprint density at radius 2 is 1.57 bits per heavy atom. The lowest BCUT2D eigenvalue weighted by molar-refractivity contribution is -0.114. The molecule has 0 unspecified atom stereocenters. The second-order valence-electron chi connectivity index (χ2n) is 9.00. The molecule has 0 radical (unpaired) electrons. The number of amides is 3. The van der Waals surface area contributed by atoms with Crippen LogP contribution >= 0.6 is 23.4 Å². The SMILES string of the molecule is Cc1cccc(NC(=O)CSc2cccc(NC(=O)/C(=C/c3cccc(Cl)c3)NC(=O)c3ccccc3)c2)c1C. The minimum atomic E-state index is -0.501. The van der Waals surface area contributed by atoms with Gasteiger partial charge in [0, 0.05) is 26.9 Å². The van der Waals surface area contributed by atoms with Crippen molar-refractivity contribution in [3.8, 4) is 0 Å². The fraction of sp³-hybridized carbons (Fsp3) is 0.0938. The summed E-state index contributed by atoms with van der Waals surface area (Å²) < 4.78 is 0. The van der Waals surface area contributed by atoms with Gasteiger partial charge in [-0.2, -0.15) is 0 Å². The van der Waals surface area contributed by atoms with E-state index >= 15 is 0 Å². The van der Waals surface area contributed by atoms with Crippen LogP contribution in [-0.2, 0) is 9.59 Å². The van der Waals surface area contributed by atoms with E-state index in [9.17, 15) is 14.4 Å². The average molecular weight is 570 g/mol. The monoisotopic (exact) mass is 569 g/mol. The predicted octanol–water partition coefficient (Wildman–Crippen LogP) is 7.10. The number of carbonyl (C=O) groups excluding carboxylic acids is 3. The molecule has 0 fully saturated rings. The molecular weight excluding hydrogens is 542 g/mol. The molecule has 0 heterocycles. The van der Waals surface area contributed by atoms with Gasteiger partial charge in [-0.05, 0) is 85.1 Å². The number of nitrogens with one attached hydrogen (secondary N) is 3. The average Bonchev–Trinajstić information content (AvgIpc) is 2.95. The van der Waals surface area contributed by atoms with Crippen LogP contribution in [-0.4, -0.2) is 23.5 Å². The van der Waals surface area contributed by atoms with E-state index in [1.165, 1.54) is 11.8 Å². The second kappa shape index (κ2) is 13.6. The van der Waals surface area contributed by atoms with Gasteiger partial charge in [-0.25, -0.2) is 0 Å². The highest BCUT2D eigenvalue weighted by Gasteiger charge is 2.16. The van der Waals surface area contributed by atoms with Crippen molar-refractivity contribution in [1.82, 2.24) is 5.32 Å². The highest BCUT2D eigenvalue weighted by molar-refractivity contribution is 8.00. The first-order valence-electron chi connectivity index (χ1n) is 12.5. The van der Waals surface area contributed by atoms with E-state index in [4.69, 9.17) is 11.6 Å². The number of hydrogen-bond donors (Lipinski definition) is 3. The molecule has 3 amide bonds. The Morgan fingerprint density at radius 1 is 0.825 bits per heavy atom. The number of thioether (sulfide) groups is 1. The lowest BCUT2D eigenvalue weighted by Crippen LogP contribution is -2.30. The van der Waals surface area contributed by atoms with Crippen molar-refractivity contribution >= 4 is 58.5 Å². The Bertz CT molecular complexity index is 1570. The van der Waals surface area contributed by atoms with Crippen molar-refractivity contribution in [1.29, 1.82) is 0 Å². The van der Waals surface area contributed by atoms with E-state index < -0.39 is 11.8 Å². The molecule has 0 spiro atoms. The molecule has 0 aliphatic heterocycles. The first-order valence-corrected chi connectivity index (χ1v) is 13.9. The summed E-state index contributed by atoms with van der Waals surface area (Å²) in [5, 5.41) is 9.03. The lowest BCUT2D eigenvalue weighted by Gasteiger charge is -2.13. The van der Waals surface area contributed by atoms with E-state index in [1.807, 2.05) is 44.2 Å². The first kappa shape index (κ1) is 28.7. The zero-order chi connectivity index (χ0) is 28.5. The van der Waals surface area contributed by atoms with Crippen molar-refractivity contribution < 1.29 is 14.4 Å². The number of aryl methyl sites for hydroxylation is 1. The summed E-state index contributed by atoms with van der Waals surface area (Å²) in [6, 6.07) is 28.6. The van der Waals surface area contributed by atoms with Gasteiger partial charge in [0.1, 0.15) is 5.70 Å². The summed E-state index contributed by atoms with van der Waals surface area (Å²) >= 11 is 7.48. The largest absolute Gasteiger partial charge is 0.325 e. The van der Waals surface area contributed by atoms with Crippen LogP contribution in [0.5, 0.6) is 0 Å². The number of halogens is 1. The van der Waals surface area contributed by atoms with Crippen LogP contribution in [0, 0.1) is 13.8 Å². The molecule has 0 atom stereocenters. The van der Waals surface area contributed by atoms with Gasteiger partial charge < -0.3 is 16.0 Å². The molecule has 0 aliphatic rings. The van der Waals surface area contributed by atoms with Gasteiger partial charge in [-0.15, -0.1) is 11.8 Å². The Labute approximate surface area is 242 Å². The summed E-state index contributed by atoms with van der Waals surface area (Å²) in [6.07, 6.45) is 1.57. The Morgan fingerprint density at radius 3 is 2.35 bits per heavy atom. The fourth-order valence-electron chi connectivity index (χ4n) is 3.79. The molecule has 0 aromatic heterocycles. The highest BCUT2D eigenvalue weighted by Crippen LogP contribution is 2.24. The standard InChI is InChI=1S/C32H28ClN3O3S/c1-21-9-6-16-28(22(21)2)35-30(37)20-40-27-15-8-14-26(19-27)34-32(39)29(18-23-10-7-13-25(33)17-23)36-31(38)24-11-4-3-5-12-24/h3-19H,20H2,1-2H3,(H,34,39)(H,35,37)(H,36,38)/b29-18-. The van der Waals surface area contributed by atoms with Gasteiger partial charge in [0.25, 0.3) is 11.8 Å². The zero-order valence-corrected chi connectivity index (χ0v) is 23.6. The molecular formula is C32H28ClN3O3S. The van der Waals surface area contributed by atoms with Crippen LogP contribution in [0.15, 0.2) is 108 Å². The maximum atomic E-state index is 13.3. The summed E-state index contributed by atoms with van der Waals surface area (Å²) in [5.41, 5.74) is 4.60. The summed E-state index contributed by atoms with van der Waals surface area (Å²) in [6.45, 7) is 3.98. The van der Waals surface area contributed by atoms with Crippen LogP contribution in [0.2, 0.25) is 5.02 Å². The quantitative estimate of drug-likeness (QED) is 0.148. The van der Waals surface area contributed by atoms with Gasteiger partial charge in [-0.3, -0.25) is 14.4 Å². The van der Waals surface area contributed by atoms with E-state index in [0.29, 0.717) is 21.8 Å². The minimum Gasteiger partial charge on any atom is -0.325 e. The third kappa shape index (κ3) is 8.09. The molecule has 0 bridgehead atoms. The molecule has 0 aliphatic carbocycles. The fourth-order valence-corrected chi connectivity index (χ4v) is 4.74.